The van der Waals surface area contributed by atoms with E-state index in [1.165, 1.54) is 12.1 Å². The lowest BCUT2D eigenvalue weighted by atomic mass is 9.96. The molecule has 5 heteroatoms. The van der Waals surface area contributed by atoms with Crippen LogP contribution in [0.2, 0.25) is 5.02 Å². The lowest BCUT2D eigenvalue weighted by molar-refractivity contribution is -0.138. The van der Waals surface area contributed by atoms with Crippen LogP contribution in [0.3, 0.4) is 0 Å². The monoisotopic (exact) mass is 231 g/mol. The maximum Gasteiger partial charge on any atom is 0.311 e. The number of rotatable bonds is 4. The topological polar surface area (TPSA) is 63.3 Å². The summed E-state index contributed by atoms with van der Waals surface area (Å²) in [6.45, 7) is 0.256. The van der Waals surface area contributed by atoms with Gasteiger partial charge in [0.05, 0.1) is 10.9 Å². The lowest BCUT2D eigenvalue weighted by Crippen LogP contribution is -2.16. The van der Waals surface area contributed by atoms with Crippen molar-refractivity contribution in [2.45, 2.75) is 12.3 Å². The Labute approximate surface area is 91.7 Å². The van der Waals surface area contributed by atoms with E-state index in [-0.39, 0.29) is 11.6 Å². The van der Waals surface area contributed by atoms with Gasteiger partial charge in [0, 0.05) is 0 Å². The standard InChI is InChI=1S/C10H11ClFNO2/c11-8-5-6(1-2-9(8)12)7(3-4-13)10(14)15/h1-2,5,7H,3-4,13H2,(H,14,15). The summed E-state index contributed by atoms with van der Waals surface area (Å²) >= 11 is 5.56. The van der Waals surface area contributed by atoms with Crippen molar-refractivity contribution in [2.75, 3.05) is 6.54 Å². The average molecular weight is 232 g/mol. The highest BCUT2D eigenvalue weighted by molar-refractivity contribution is 6.30. The smallest absolute Gasteiger partial charge is 0.311 e. The van der Waals surface area contributed by atoms with Crippen LogP contribution in [0.15, 0.2) is 18.2 Å². The first kappa shape index (κ1) is 11.9. The minimum absolute atomic E-state index is 0.0734. The molecule has 0 saturated heterocycles. The predicted octanol–water partition coefficient (Wildman–Crippen LogP) is 2.00. The Hall–Kier alpha value is -1.13. The summed E-state index contributed by atoms with van der Waals surface area (Å²) in [5.41, 5.74) is 5.77. The highest BCUT2D eigenvalue weighted by atomic mass is 35.5. The molecular formula is C10H11ClFNO2. The number of halogens is 2. The Balaban J connectivity index is 3.01. The molecule has 1 rings (SSSR count). The van der Waals surface area contributed by atoms with Crippen molar-refractivity contribution in [1.29, 1.82) is 0 Å². The lowest BCUT2D eigenvalue weighted by Gasteiger charge is -2.11. The molecule has 1 aromatic carbocycles. The maximum absolute atomic E-state index is 12.8. The second kappa shape index (κ2) is 5.09. The number of carboxylic acids is 1. The van der Waals surface area contributed by atoms with Gasteiger partial charge in [-0.15, -0.1) is 0 Å². The largest absolute Gasteiger partial charge is 0.481 e. The molecule has 1 aromatic rings. The molecule has 3 nitrogen and oxygen atoms in total. The molecule has 0 amide bonds. The summed E-state index contributed by atoms with van der Waals surface area (Å²) in [6, 6.07) is 3.89. The van der Waals surface area contributed by atoms with Gasteiger partial charge in [-0.05, 0) is 30.7 Å². The van der Waals surface area contributed by atoms with Gasteiger partial charge in [0.1, 0.15) is 5.82 Å². The van der Waals surface area contributed by atoms with Gasteiger partial charge in [-0.3, -0.25) is 4.79 Å². The van der Waals surface area contributed by atoms with E-state index in [4.69, 9.17) is 22.4 Å². The summed E-state index contributed by atoms with van der Waals surface area (Å²) in [5.74, 6) is -2.27. The fraction of sp³-hybridized carbons (Fsp3) is 0.300. The van der Waals surface area contributed by atoms with Crippen LogP contribution >= 0.6 is 11.6 Å². The Morgan fingerprint density at radius 2 is 2.27 bits per heavy atom. The molecule has 82 valence electrons. The molecule has 0 spiro atoms. The van der Waals surface area contributed by atoms with Gasteiger partial charge in [0.25, 0.3) is 0 Å². The zero-order valence-corrected chi connectivity index (χ0v) is 8.67. The molecule has 0 saturated carbocycles. The van der Waals surface area contributed by atoms with E-state index in [0.29, 0.717) is 12.0 Å². The first-order valence-electron chi connectivity index (χ1n) is 4.44. The average Bonchev–Trinajstić information content (AvgIpc) is 2.18. The molecular weight excluding hydrogens is 221 g/mol. The molecule has 1 unspecified atom stereocenters. The minimum atomic E-state index is -0.983. The van der Waals surface area contributed by atoms with Gasteiger partial charge >= 0.3 is 5.97 Å². The fourth-order valence-electron chi connectivity index (χ4n) is 1.33. The Kier molecular flexibility index (Phi) is 4.05. The molecule has 0 bridgehead atoms. The summed E-state index contributed by atoms with van der Waals surface area (Å²) in [6.07, 6.45) is 0.303. The fourth-order valence-corrected chi connectivity index (χ4v) is 1.52. The molecule has 15 heavy (non-hydrogen) atoms. The van der Waals surface area contributed by atoms with Crippen molar-refractivity contribution in [3.05, 3.63) is 34.6 Å². The van der Waals surface area contributed by atoms with Crippen molar-refractivity contribution in [2.24, 2.45) is 5.73 Å². The third kappa shape index (κ3) is 2.91. The summed E-state index contributed by atoms with van der Waals surface area (Å²) in [4.78, 5) is 10.9. The molecule has 0 fully saturated rings. The van der Waals surface area contributed by atoms with Gasteiger partial charge in [-0.2, -0.15) is 0 Å². The normalized spacial score (nSPS) is 12.5. The van der Waals surface area contributed by atoms with E-state index in [0.717, 1.165) is 6.07 Å². The SMILES string of the molecule is NCCC(C(=O)O)c1ccc(F)c(Cl)c1. The molecule has 0 aliphatic rings. The third-order valence-corrected chi connectivity index (χ3v) is 2.39. The highest BCUT2D eigenvalue weighted by Crippen LogP contribution is 2.24. The van der Waals surface area contributed by atoms with E-state index in [9.17, 15) is 9.18 Å². The second-order valence-corrected chi connectivity index (χ2v) is 3.55. The predicted molar refractivity (Wildman–Crippen MR) is 55.5 cm³/mol. The van der Waals surface area contributed by atoms with Gasteiger partial charge in [-0.1, -0.05) is 17.7 Å². The number of hydrogen-bond acceptors (Lipinski definition) is 2. The van der Waals surface area contributed by atoms with Crippen LogP contribution in [0, 0.1) is 5.82 Å². The van der Waals surface area contributed by atoms with Crippen LogP contribution in [0.5, 0.6) is 0 Å². The summed E-state index contributed by atoms with van der Waals surface area (Å²) in [7, 11) is 0. The maximum atomic E-state index is 12.8. The summed E-state index contributed by atoms with van der Waals surface area (Å²) < 4.78 is 12.8. The van der Waals surface area contributed by atoms with E-state index in [1.807, 2.05) is 0 Å². The van der Waals surface area contributed by atoms with E-state index in [2.05, 4.69) is 0 Å². The van der Waals surface area contributed by atoms with E-state index >= 15 is 0 Å². The molecule has 1 atom stereocenters. The van der Waals surface area contributed by atoms with Gasteiger partial charge in [0.15, 0.2) is 0 Å². The van der Waals surface area contributed by atoms with Crippen LogP contribution in [0.25, 0.3) is 0 Å². The number of aliphatic carboxylic acids is 1. The van der Waals surface area contributed by atoms with Gasteiger partial charge < -0.3 is 10.8 Å². The van der Waals surface area contributed by atoms with Crippen molar-refractivity contribution in [3.8, 4) is 0 Å². The zero-order chi connectivity index (χ0) is 11.4. The van der Waals surface area contributed by atoms with Crippen LogP contribution in [-0.2, 0) is 4.79 Å². The highest BCUT2D eigenvalue weighted by Gasteiger charge is 2.19. The first-order valence-corrected chi connectivity index (χ1v) is 4.82. The molecule has 0 aromatic heterocycles. The Bertz CT molecular complexity index is 370. The number of hydrogen-bond donors (Lipinski definition) is 2. The van der Waals surface area contributed by atoms with Crippen LogP contribution in [0.1, 0.15) is 17.9 Å². The minimum Gasteiger partial charge on any atom is -0.481 e. The number of benzene rings is 1. The van der Waals surface area contributed by atoms with Crippen molar-refractivity contribution in [1.82, 2.24) is 0 Å². The van der Waals surface area contributed by atoms with Crippen LogP contribution in [0.4, 0.5) is 4.39 Å². The first-order chi connectivity index (χ1) is 7.06. The Morgan fingerprint density at radius 3 is 2.73 bits per heavy atom. The second-order valence-electron chi connectivity index (χ2n) is 3.14. The van der Waals surface area contributed by atoms with Crippen LogP contribution < -0.4 is 5.73 Å². The van der Waals surface area contributed by atoms with E-state index in [1.54, 1.807) is 0 Å². The summed E-state index contributed by atoms with van der Waals surface area (Å²) in [5, 5.41) is 8.85. The number of carbonyl (C=O) groups is 1. The Morgan fingerprint density at radius 1 is 1.60 bits per heavy atom. The molecule has 0 heterocycles. The number of carboxylic acid groups (broad SMARTS) is 1. The number of nitrogens with two attached hydrogens (primary N) is 1. The third-order valence-electron chi connectivity index (χ3n) is 2.10. The molecule has 0 aliphatic carbocycles. The molecule has 0 radical (unpaired) electrons. The van der Waals surface area contributed by atoms with Crippen molar-refractivity contribution < 1.29 is 14.3 Å². The van der Waals surface area contributed by atoms with Gasteiger partial charge in [0.2, 0.25) is 0 Å². The van der Waals surface area contributed by atoms with Gasteiger partial charge in [-0.25, -0.2) is 4.39 Å². The molecule has 0 aliphatic heterocycles. The quantitative estimate of drug-likeness (QED) is 0.833. The van der Waals surface area contributed by atoms with Crippen molar-refractivity contribution >= 4 is 17.6 Å². The van der Waals surface area contributed by atoms with E-state index < -0.39 is 17.7 Å². The zero-order valence-electron chi connectivity index (χ0n) is 7.91. The van der Waals surface area contributed by atoms with Crippen LogP contribution in [-0.4, -0.2) is 17.6 Å². The molecule has 3 N–H and O–H groups in total. The van der Waals surface area contributed by atoms with Crippen molar-refractivity contribution in [3.63, 3.8) is 0 Å².